The molecule has 0 unspecified atom stereocenters. The van der Waals surface area contributed by atoms with Crippen LogP contribution in [0.2, 0.25) is 0 Å². The van der Waals surface area contributed by atoms with Gasteiger partial charge in [0, 0.05) is 33.4 Å². The molecule has 0 radical (unpaired) electrons. The van der Waals surface area contributed by atoms with Gasteiger partial charge in [-0.3, -0.25) is 9.97 Å². The van der Waals surface area contributed by atoms with Crippen LogP contribution < -0.4 is 0 Å². The summed E-state index contributed by atoms with van der Waals surface area (Å²) >= 11 is 0. The first-order chi connectivity index (χ1) is 8.91. The second-order valence-electron chi connectivity index (χ2n) is 4.59. The van der Waals surface area contributed by atoms with Crippen LogP contribution in [0.15, 0.2) is 12.4 Å². The maximum absolute atomic E-state index is 12.1. The molecular weight excluding hydrogens is 268 g/mol. The fraction of sp³-hybridized carbons (Fsp3) is 0.636. The highest BCUT2D eigenvalue weighted by Crippen LogP contribution is 2.22. The Balaban J connectivity index is 2.16. The summed E-state index contributed by atoms with van der Waals surface area (Å²) in [5.74, 6) is 0. The number of rotatable bonds is 3. The molecule has 1 aromatic heterocycles. The van der Waals surface area contributed by atoms with E-state index in [0.29, 0.717) is 18.8 Å². The predicted octanol–water partition coefficient (Wildman–Crippen LogP) is -0.0353. The van der Waals surface area contributed by atoms with Crippen molar-refractivity contribution < 1.29 is 13.2 Å². The number of aryl methyl sites for hydroxylation is 1. The summed E-state index contributed by atoms with van der Waals surface area (Å²) in [7, 11) is -0.372. The molecule has 1 aromatic rings. The van der Waals surface area contributed by atoms with Gasteiger partial charge in [-0.15, -0.1) is 0 Å². The molecule has 0 aliphatic carbocycles. The van der Waals surface area contributed by atoms with E-state index in [0.717, 1.165) is 5.69 Å². The molecule has 0 spiro atoms. The number of hydrogen-bond acceptors (Lipinski definition) is 5. The first kappa shape index (κ1) is 14.3. The van der Waals surface area contributed by atoms with Gasteiger partial charge < -0.3 is 4.74 Å². The highest BCUT2D eigenvalue weighted by molar-refractivity contribution is 7.86. The molecular formula is C11H18N4O3S. The smallest absolute Gasteiger partial charge is 0.281 e. The Morgan fingerprint density at radius 3 is 2.68 bits per heavy atom. The molecule has 1 saturated heterocycles. The molecule has 0 aromatic carbocycles. The van der Waals surface area contributed by atoms with Gasteiger partial charge in [0.1, 0.15) is 6.10 Å². The lowest BCUT2D eigenvalue weighted by Gasteiger charge is -2.33. The van der Waals surface area contributed by atoms with E-state index >= 15 is 0 Å². The lowest BCUT2D eigenvalue weighted by atomic mass is 10.2. The number of morpholine rings is 1. The van der Waals surface area contributed by atoms with Gasteiger partial charge in [-0.25, -0.2) is 0 Å². The monoisotopic (exact) mass is 286 g/mol. The third-order valence-electron chi connectivity index (χ3n) is 2.95. The van der Waals surface area contributed by atoms with Crippen molar-refractivity contribution in [1.29, 1.82) is 0 Å². The van der Waals surface area contributed by atoms with Crippen LogP contribution >= 0.6 is 0 Å². The fourth-order valence-corrected chi connectivity index (χ4v) is 2.90. The summed E-state index contributed by atoms with van der Waals surface area (Å²) in [6, 6.07) is 0. The van der Waals surface area contributed by atoms with Gasteiger partial charge in [-0.2, -0.15) is 17.0 Å². The van der Waals surface area contributed by atoms with Crippen LogP contribution in [0.3, 0.4) is 0 Å². The molecule has 0 bridgehead atoms. The van der Waals surface area contributed by atoms with Crippen LogP contribution in [0.4, 0.5) is 0 Å². The van der Waals surface area contributed by atoms with Crippen molar-refractivity contribution in [3.05, 3.63) is 23.8 Å². The summed E-state index contributed by atoms with van der Waals surface area (Å²) < 4.78 is 32.3. The number of nitrogens with zero attached hydrogens (tertiary/aromatic N) is 4. The van der Waals surface area contributed by atoms with Crippen LogP contribution in [-0.2, 0) is 14.9 Å². The van der Waals surface area contributed by atoms with Crippen LogP contribution in [0.1, 0.15) is 17.5 Å². The van der Waals surface area contributed by atoms with Crippen LogP contribution in [-0.4, -0.2) is 60.8 Å². The van der Waals surface area contributed by atoms with E-state index in [1.54, 1.807) is 12.4 Å². The first-order valence-corrected chi connectivity index (χ1v) is 7.38. The average Bonchev–Trinajstić information content (AvgIpc) is 2.39. The SMILES string of the molecule is Cc1cnc([C@@H]2CN(S(=O)(=O)N(C)C)CCO2)cn1. The van der Waals surface area contributed by atoms with Gasteiger partial charge in [-0.05, 0) is 6.92 Å². The average molecular weight is 286 g/mol. The van der Waals surface area contributed by atoms with E-state index in [1.807, 2.05) is 6.92 Å². The molecule has 2 heterocycles. The van der Waals surface area contributed by atoms with Gasteiger partial charge >= 0.3 is 0 Å². The third-order valence-corrected chi connectivity index (χ3v) is 4.85. The lowest BCUT2D eigenvalue weighted by Crippen LogP contribution is -2.47. The molecule has 19 heavy (non-hydrogen) atoms. The Bertz CT molecular complexity index is 529. The lowest BCUT2D eigenvalue weighted by molar-refractivity contribution is -0.00645. The molecule has 106 valence electrons. The summed E-state index contributed by atoms with van der Waals surface area (Å²) in [5, 5.41) is 0. The summed E-state index contributed by atoms with van der Waals surface area (Å²) in [4.78, 5) is 8.40. The summed E-state index contributed by atoms with van der Waals surface area (Å²) in [6.45, 7) is 2.82. The van der Waals surface area contributed by atoms with Gasteiger partial charge in [0.25, 0.3) is 10.2 Å². The molecule has 2 rings (SSSR count). The Morgan fingerprint density at radius 1 is 1.37 bits per heavy atom. The number of hydrogen-bond donors (Lipinski definition) is 0. The summed E-state index contributed by atoms with van der Waals surface area (Å²) in [5.41, 5.74) is 1.47. The zero-order chi connectivity index (χ0) is 14.0. The van der Waals surface area contributed by atoms with Crippen molar-refractivity contribution in [2.75, 3.05) is 33.8 Å². The van der Waals surface area contributed by atoms with Gasteiger partial charge in [0.15, 0.2) is 0 Å². The van der Waals surface area contributed by atoms with Crippen molar-refractivity contribution in [1.82, 2.24) is 18.6 Å². The van der Waals surface area contributed by atoms with Crippen molar-refractivity contribution >= 4 is 10.2 Å². The predicted molar refractivity (Wildman–Crippen MR) is 69.6 cm³/mol. The number of aromatic nitrogens is 2. The quantitative estimate of drug-likeness (QED) is 0.779. The standard InChI is InChI=1S/C11H18N4O3S/c1-9-6-13-10(7-12-9)11-8-15(4-5-18-11)19(16,17)14(2)3/h6-7,11H,4-5,8H2,1-3H3/t11-/m0/s1. The summed E-state index contributed by atoms with van der Waals surface area (Å²) in [6.07, 6.45) is 2.92. The van der Waals surface area contributed by atoms with E-state index in [4.69, 9.17) is 4.74 Å². The second-order valence-corrected chi connectivity index (χ2v) is 6.73. The van der Waals surface area contributed by atoms with Gasteiger partial charge in [0.05, 0.1) is 24.2 Å². The van der Waals surface area contributed by atoms with Gasteiger partial charge in [0.2, 0.25) is 0 Å². The molecule has 1 aliphatic heterocycles. The third kappa shape index (κ3) is 3.08. The van der Waals surface area contributed by atoms with Crippen molar-refractivity contribution in [2.24, 2.45) is 0 Å². The van der Waals surface area contributed by atoms with E-state index < -0.39 is 10.2 Å². The molecule has 8 heteroatoms. The second kappa shape index (κ2) is 5.49. The highest BCUT2D eigenvalue weighted by Gasteiger charge is 2.32. The maximum Gasteiger partial charge on any atom is 0.281 e. The van der Waals surface area contributed by atoms with E-state index in [1.165, 1.54) is 22.7 Å². The topological polar surface area (TPSA) is 75.6 Å². The Labute approximate surface area is 113 Å². The minimum absolute atomic E-state index is 0.262. The molecule has 1 atom stereocenters. The fourth-order valence-electron chi connectivity index (χ4n) is 1.81. The molecule has 1 aliphatic rings. The zero-order valence-corrected chi connectivity index (χ0v) is 12.1. The molecule has 7 nitrogen and oxygen atoms in total. The highest BCUT2D eigenvalue weighted by atomic mass is 32.2. The molecule has 0 amide bonds. The normalized spacial score (nSPS) is 21.8. The van der Waals surface area contributed by atoms with E-state index in [-0.39, 0.29) is 12.6 Å². The van der Waals surface area contributed by atoms with Crippen molar-refractivity contribution in [3.8, 4) is 0 Å². The first-order valence-electron chi connectivity index (χ1n) is 5.99. The minimum atomic E-state index is -3.41. The number of ether oxygens (including phenoxy) is 1. The Morgan fingerprint density at radius 2 is 2.11 bits per heavy atom. The van der Waals surface area contributed by atoms with Crippen molar-refractivity contribution in [3.63, 3.8) is 0 Å². The van der Waals surface area contributed by atoms with Crippen LogP contribution in [0.5, 0.6) is 0 Å². The molecule has 0 N–H and O–H groups in total. The van der Waals surface area contributed by atoms with Crippen LogP contribution in [0, 0.1) is 6.92 Å². The Hall–Kier alpha value is -1.09. The minimum Gasteiger partial charge on any atom is -0.369 e. The van der Waals surface area contributed by atoms with Gasteiger partial charge in [-0.1, -0.05) is 0 Å². The van der Waals surface area contributed by atoms with Crippen LogP contribution in [0.25, 0.3) is 0 Å². The van der Waals surface area contributed by atoms with E-state index in [9.17, 15) is 8.42 Å². The zero-order valence-electron chi connectivity index (χ0n) is 11.3. The van der Waals surface area contributed by atoms with E-state index in [2.05, 4.69) is 9.97 Å². The molecule has 1 fully saturated rings. The Kier molecular flexibility index (Phi) is 4.14. The largest absolute Gasteiger partial charge is 0.369 e. The maximum atomic E-state index is 12.1. The molecule has 0 saturated carbocycles. The van der Waals surface area contributed by atoms with Crippen molar-refractivity contribution in [2.45, 2.75) is 13.0 Å².